The third-order valence-electron chi connectivity index (χ3n) is 5.45. The van der Waals surface area contributed by atoms with E-state index in [1.807, 2.05) is 72.8 Å². The van der Waals surface area contributed by atoms with Crippen LogP contribution in [-0.2, 0) is 11.2 Å². The molecule has 0 aliphatic rings. The molecule has 1 amide bonds. The Kier molecular flexibility index (Phi) is 8.54. The third-order valence-corrected chi connectivity index (χ3v) is 5.71. The van der Waals surface area contributed by atoms with Crippen molar-refractivity contribution in [3.63, 3.8) is 0 Å². The van der Waals surface area contributed by atoms with Crippen molar-refractivity contribution >= 4 is 17.5 Å². The molecular formula is C26H29ClN2O3. The van der Waals surface area contributed by atoms with Crippen molar-refractivity contribution in [3.05, 3.63) is 94.5 Å². The fourth-order valence-corrected chi connectivity index (χ4v) is 3.82. The number of halogens is 1. The number of ether oxygens (including phenoxy) is 2. The number of aryl methyl sites for hydroxylation is 1. The highest BCUT2D eigenvalue weighted by molar-refractivity contribution is 6.30. The van der Waals surface area contributed by atoms with Gasteiger partial charge in [0.1, 0.15) is 6.04 Å². The van der Waals surface area contributed by atoms with E-state index in [2.05, 4.69) is 10.6 Å². The van der Waals surface area contributed by atoms with Crippen LogP contribution < -0.4 is 20.1 Å². The van der Waals surface area contributed by atoms with E-state index in [1.165, 1.54) is 5.56 Å². The van der Waals surface area contributed by atoms with E-state index in [1.54, 1.807) is 21.3 Å². The molecule has 2 N–H and O–H groups in total. The summed E-state index contributed by atoms with van der Waals surface area (Å²) in [6.07, 6.45) is 1.59. The van der Waals surface area contributed by atoms with Gasteiger partial charge in [-0.15, -0.1) is 0 Å². The summed E-state index contributed by atoms with van der Waals surface area (Å²) in [7, 11) is 4.89. The van der Waals surface area contributed by atoms with Crippen LogP contribution in [0.5, 0.6) is 11.5 Å². The first-order valence-corrected chi connectivity index (χ1v) is 10.9. The maximum Gasteiger partial charge on any atom is 0.241 e. The zero-order valence-electron chi connectivity index (χ0n) is 18.6. The van der Waals surface area contributed by atoms with Gasteiger partial charge in [-0.2, -0.15) is 0 Å². The lowest BCUT2D eigenvalue weighted by molar-refractivity contribution is -0.123. The number of carbonyl (C=O) groups excluding carboxylic acids is 1. The Morgan fingerprint density at radius 3 is 2.22 bits per heavy atom. The SMILES string of the molecule is CNC(=O)C(N[C@@H](CCc1ccc(Cl)cc1)c1ccc(OC)c(OC)c1)c1ccccc1. The molecule has 1 unspecified atom stereocenters. The van der Waals surface area contributed by atoms with Crippen LogP contribution in [0.15, 0.2) is 72.8 Å². The second-order valence-electron chi connectivity index (χ2n) is 7.46. The van der Waals surface area contributed by atoms with Gasteiger partial charge in [-0.3, -0.25) is 10.1 Å². The molecule has 0 heterocycles. The van der Waals surface area contributed by atoms with E-state index in [0.29, 0.717) is 16.5 Å². The average molecular weight is 453 g/mol. The standard InChI is InChI=1S/C26H29ClN2O3/c1-28-26(30)25(19-7-5-4-6-8-19)29-22(15-11-18-9-13-21(27)14-10-18)20-12-16-23(31-2)24(17-20)32-3/h4-10,12-14,16-17,22,25,29H,11,15H2,1-3H3,(H,28,30)/t22-,25?/m0/s1. The maximum atomic E-state index is 12.8. The summed E-state index contributed by atoms with van der Waals surface area (Å²) in [5.41, 5.74) is 3.10. The molecule has 0 saturated carbocycles. The molecule has 0 aromatic heterocycles. The first-order chi connectivity index (χ1) is 15.5. The van der Waals surface area contributed by atoms with Crippen LogP contribution in [0.3, 0.4) is 0 Å². The lowest BCUT2D eigenvalue weighted by atomic mass is 9.96. The highest BCUT2D eigenvalue weighted by atomic mass is 35.5. The molecule has 0 aliphatic carbocycles. The second-order valence-corrected chi connectivity index (χ2v) is 7.89. The fraction of sp³-hybridized carbons (Fsp3) is 0.269. The van der Waals surface area contributed by atoms with Crippen molar-refractivity contribution in [1.29, 1.82) is 0 Å². The molecule has 0 bridgehead atoms. The number of methoxy groups -OCH3 is 2. The summed E-state index contributed by atoms with van der Waals surface area (Å²) in [4.78, 5) is 12.8. The van der Waals surface area contributed by atoms with E-state index in [4.69, 9.17) is 21.1 Å². The molecule has 6 heteroatoms. The molecule has 168 valence electrons. The minimum absolute atomic E-state index is 0.0897. The van der Waals surface area contributed by atoms with Crippen LogP contribution in [0.2, 0.25) is 5.02 Å². The zero-order valence-corrected chi connectivity index (χ0v) is 19.4. The van der Waals surface area contributed by atoms with Gasteiger partial charge in [-0.05, 0) is 53.8 Å². The first kappa shape index (κ1) is 23.6. The predicted octanol–water partition coefficient (Wildman–Crippen LogP) is 5.11. The Morgan fingerprint density at radius 2 is 1.59 bits per heavy atom. The van der Waals surface area contributed by atoms with Crippen LogP contribution >= 0.6 is 11.6 Å². The predicted molar refractivity (Wildman–Crippen MR) is 128 cm³/mol. The van der Waals surface area contributed by atoms with Crippen LogP contribution in [0, 0.1) is 0 Å². The van der Waals surface area contributed by atoms with Crippen LogP contribution in [0.4, 0.5) is 0 Å². The molecule has 0 spiro atoms. The van der Waals surface area contributed by atoms with Crippen LogP contribution in [0.25, 0.3) is 0 Å². The topological polar surface area (TPSA) is 59.6 Å². The fourth-order valence-electron chi connectivity index (χ4n) is 3.69. The summed E-state index contributed by atoms with van der Waals surface area (Å²) < 4.78 is 10.9. The molecule has 0 fully saturated rings. The Labute approximate surface area is 194 Å². The van der Waals surface area contributed by atoms with Crippen LogP contribution in [0.1, 0.15) is 35.2 Å². The maximum absolute atomic E-state index is 12.8. The lowest BCUT2D eigenvalue weighted by Gasteiger charge is -2.26. The Balaban J connectivity index is 1.93. The van der Waals surface area contributed by atoms with Crippen molar-refractivity contribution in [2.24, 2.45) is 0 Å². The van der Waals surface area contributed by atoms with E-state index in [-0.39, 0.29) is 11.9 Å². The lowest BCUT2D eigenvalue weighted by Crippen LogP contribution is -2.38. The largest absolute Gasteiger partial charge is 0.493 e. The molecule has 5 nitrogen and oxygen atoms in total. The molecule has 3 rings (SSSR count). The van der Waals surface area contributed by atoms with Gasteiger partial charge in [0.15, 0.2) is 11.5 Å². The summed E-state index contributed by atoms with van der Waals surface area (Å²) in [5, 5.41) is 7.07. The van der Waals surface area contributed by atoms with Crippen molar-refractivity contribution in [3.8, 4) is 11.5 Å². The summed E-state index contributed by atoms with van der Waals surface area (Å²) in [6.45, 7) is 0. The van der Waals surface area contributed by atoms with Gasteiger partial charge >= 0.3 is 0 Å². The van der Waals surface area contributed by atoms with Gasteiger partial charge in [0.2, 0.25) is 5.91 Å². The highest BCUT2D eigenvalue weighted by Gasteiger charge is 2.24. The molecule has 3 aromatic rings. The molecule has 0 aliphatic heterocycles. The van der Waals surface area contributed by atoms with Gasteiger partial charge in [0.25, 0.3) is 0 Å². The third kappa shape index (κ3) is 6.02. The molecule has 0 radical (unpaired) electrons. The summed E-state index contributed by atoms with van der Waals surface area (Å²) in [5.74, 6) is 1.23. The Hall–Kier alpha value is -3.02. The molecule has 2 atom stereocenters. The van der Waals surface area contributed by atoms with Gasteiger partial charge in [0, 0.05) is 18.1 Å². The van der Waals surface area contributed by atoms with Crippen molar-refractivity contribution in [1.82, 2.24) is 10.6 Å². The smallest absolute Gasteiger partial charge is 0.241 e. The minimum Gasteiger partial charge on any atom is -0.493 e. The number of hydrogen-bond donors (Lipinski definition) is 2. The number of benzene rings is 3. The second kappa shape index (κ2) is 11.6. The van der Waals surface area contributed by atoms with Crippen molar-refractivity contribution < 1.29 is 14.3 Å². The summed E-state index contributed by atoms with van der Waals surface area (Å²) in [6, 6.07) is 22.8. The number of likely N-dealkylation sites (N-methyl/N-ethyl adjacent to an activating group) is 1. The number of nitrogens with one attached hydrogen (secondary N) is 2. The van der Waals surface area contributed by atoms with Crippen molar-refractivity contribution in [2.45, 2.75) is 24.9 Å². The van der Waals surface area contributed by atoms with E-state index in [0.717, 1.165) is 24.0 Å². The van der Waals surface area contributed by atoms with Gasteiger partial charge in [-0.1, -0.05) is 60.1 Å². The number of hydrogen-bond acceptors (Lipinski definition) is 4. The van der Waals surface area contributed by atoms with Gasteiger partial charge in [0.05, 0.1) is 14.2 Å². The molecule has 32 heavy (non-hydrogen) atoms. The zero-order chi connectivity index (χ0) is 22.9. The van der Waals surface area contributed by atoms with Crippen LogP contribution in [-0.4, -0.2) is 27.2 Å². The molecule has 3 aromatic carbocycles. The number of rotatable bonds is 10. The van der Waals surface area contributed by atoms with Crippen molar-refractivity contribution in [2.75, 3.05) is 21.3 Å². The summed E-state index contributed by atoms with van der Waals surface area (Å²) >= 11 is 6.04. The average Bonchev–Trinajstić information content (AvgIpc) is 2.85. The number of carbonyl (C=O) groups is 1. The van der Waals surface area contributed by atoms with E-state index in [9.17, 15) is 4.79 Å². The normalized spacial score (nSPS) is 12.6. The molecular weight excluding hydrogens is 424 g/mol. The highest BCUT2D eigenvalue weighted by Crippen LogP contribution is 2.33. The first-order valence-electron chi connectivity index (χ1n) is 10.5. The Bertz CT molecular complexity index is 1010. The Morgan fingerprint density at radius 1 is 0.906 bits per heavy atom. The van der Waals surface area contributed by atoms with Gasteiger partial charge in [-0.25, -0.2) is 0 Å². The number of amides is 1. The van der Waals surface area contributed by atoms with E-state index >= 15 is 0 Å². The quantitative estimate of drug-likeness (QED) is 0.449. The minimum atomic E-state index is -0.496. The molecule has 0 saturated heterocycles. The monoisotopic (exact) mass is 452 g/mol. The van der Waals surface area contributed by atoms with Gasteiger partial charge < -0.3 is 14.8 Å². The van der Waals surface area contributed by atoms with E-state index < -0.39 is 6.04 Å².